The minimum absolute atomic E-state index is 0.308. The molecule has 0 saturated carbocycles. The third-order valence-corrected chi connectivity index (χ3v) is 1.63. The van der Waals surface area contributed by atoms with Gasteiger partial charge in [0.25, 0.3) is 0 Å². The van der Waals surface area contributed by atoms with E-state index in [-0.39, 0.29) is 0 Å². The first kappa shape index (κ1) is 15.3. The third kappa shape index (κ3) is 4.72. The summed E-state index contributed by atoms with van der Waals surface area (Å²) >= 11 is 0. The Morgan fingerprint density at radius 3 is 1.29 bits per heavy atom. The van der Waals surface area contributed by atoms with Crippen molar-refractivity contribution >= 4 is 11.4 Å². The smallest absolute Gasteiger partial charge is 0.0792 e. The van der Waals surface area contributed by atoms with Gasteiger partial charge in [0.05, 0.1) is 11.4 Å². The monoisotopic (exact) mass is 195 g/mol. The van der Waals surface area contributed by atoms with Crippen LogP contribution in [0.15, 0.2) is 23.3 Å². The van der Waals surface area contributed by atoms with E-state index in [1.54, 1.807) is 12.2 Å². The van der Waals surface area contributed by atoms with E-state index < -0.39 is 0 Å². The van der Waals surface area contributed by atoms with Crippen molar-refractivity contribution in [2.75, 3.05) is 7.05 Å². The molecule has 0 heterocycles. The highest BCUT2D eigenvalue weighted by molar-refractivity contribution is 6.49. The lowest BCUT2D eigenvalue weighted by Gasteiger charge is -2.08. The lowest BCUT2D eigenvalue weighted by molar-refractivity contribution is 1.33. The zero-order chi connectivity index (χ0) is 11.7. The molecule has 0 radical (unpaired) electrons. The zero-order valence-electron chi connectivity index (χ0n) is 9.73. The standard InChI is InChI=1S/C8H10N2.C2H6.CH5N/c1-5-3-7(9)8(10)4-6(5)2;2*1-2/h3-4,9-10H,1-2H3;1-2H3;2H2,1H3. The van der Waals surface area contributed by atoms with Crippen molar-refractivity contribution in [3.05, 3.63) is 23.3 Å². The molecule has 0 aromatic carbocycles. The van der Waals surface area contributed by atoms with Gasteiger partial charge in [-0.1, -0.05) is 13.8 Å². The first-order chi connectivity index (χ1) is 6.61. The summed E-state index contributed by atoms with van der Waals surface area (Å²) in [5.41, 5.74) is 7.29. The highest BCUT2D eigenvalue weighted by atomic mass is 14.5. The maximum Gasteiger partial charge on any atom is 0.0792 e. The maximum absolute atomic E-state index is 7.27. The maximum atomic E-state index is 7.27. The molecule has 0 bridgehead atoms. The largest absolute Gasteiger partial charge is 0.333 e. The third-order valence-electron chi connectivity index (χ3n) is 1.63. The van der Waals surface area contributed by atoms with Gasteiger partial charge in [0.2, 0.25) is 0 Å². The summed E-state index contributed by atoms with van der Waals surface area (Å²) in [6.07, 6.45) is 3.44. The van der Waals surface area contributed by atoms with Gasteiger partial charge >= 0.3 is 0 Å². The lowest BCUT2D eigenvalue weighted by atomic mass is 9.98. The summed E-state index contributed by atoms with van der Waals surface area (Å²) in [6.45, 7) is 7.90. The van der Waals surface area contributed by atoms with E-state index in [1.165, 1.54) is 7.05 Å². The molecule has 0 unspecified atom stereocenters. The molecule has 0 aromatic rings. The van der Waals surface area contributed by atoms with Crippen molar-refractivity contribution in [2.24, 2.45) is 5.73 Å². The minimum atomic E-state index is 0.308. The van der Waals surface area contributed by atoms with Crippen LogP contribution in [0.25, 0.3) is 0 Å². The van der Waals surface area contributed by atoms with Gasteiger partial charge in [-0.25, -0.2) is 0 Å². The minimum Gasteiger partial charge on any atom is -0.333 e. The van der Waals surface area contributed by atoms with Crippen molar-refractivity contribution in [2.45, 2.75) is 27.7 Å². The second-order valence-corrected chi connectivity index (χ2v) is 2.48. The Morgan fingerprint density at radius 2 is 1.07 bits per heavy atom. The second kappa shape index (κ2) is 8.38. The summed E-state index contributed by atoms with van der Waals surface area (Å²) in [7, 11) is 1.50. The lowest BCUT2D eigenvalue weighted by Crippen LogP contribution is -2.11. The molecule has 14 heavy (non-hydrogen) atoms. The normalized spacial score (nSPS) is 14.1. The number of nitrogens with two attached hydrogens (primary N) is 1. The van der Waals surface area contributed by atoms with E-state index in [9.17, 15) is 0 Å². The van der Waals surface area contributed by atoms with E-state index in [0.717, 1.165) is 11.1 Å². The van der Waals surface area contributed by atoms with Crippen LogP contribution in [-0.4, -0.2) is 18.5 Å². The van der Waals surface area contributed by atoms with Crippen LogP contribution in [0.5, 0.6) is 0 Å². The summed E-state index contributed by atoms with van der Waals surface area (Å²) < 4.78 is 0. The van der Waals surface area contributed by atoms with Gasteiger partial charge in [-0.3, -0.25) is 10.8 Å². The van der Waals surface area contributed by atoms with E-state index in [1.807, 2.05) is 27.7 Å². The summed E-state index contributed by atoms with van der Waals surface area (Å²) in [5.74, 6) is 0. The van der Waals surface area contributed by atoms with Gasteiger partial charge in [0.1, 0.15) is 0 Å². The van der Waals surface area contributed by atoms with Crippen LogP contribution < -0.4 is 5.73 Å². The Hall–Kier alpha value is -1.22. The Kier molecular flexibility index (Phi) is 9.14. The van der Waals surface area contributed by atoms with Gasteiger partial charge in [0, 0.05) is 0 Å². The van der Waals surface area contributed by atoms with Crippen LogP contribution in [0.3, 0.4) is 0 Å². The number of rotatable bonds is 0. The number of hydrogen-bond acceptors (Lipinski definition) is 3. The Labute approximate surface area is 86.7 Å². The van der Waals surface area contributed by atoms with E-state index in [0.29, 0.717) is 11.4 Å². The highest BCUT2D eigenvalue weighted by Gasteiger charge is 2.07. The molecular formula is C11H21N3. The fourth-order valence-electron chi connectivity index (χ4n) is 0.816. The van der Waals surface area contributed by atoms with Crippen molar-refractivity contribution in [3.8, 4) is 0 Å². The average molecular weight is 195 g/mol. The fourth-order valence-corrected chi connectivity index (χ4v) is 0.816. The molecule has 4 N–H and O–H groups in total. The van der Waals surface area contributed by atoms with E-state index >= 15 is 0 Å². The van der Waals surface area contributed by atoms with Gasteiger partial charge < -0.3 is 5.73 Å². The number of allylic oxidation sites excluding steroid dienone is 4. The molecule has 0 amide bonds. The average Bonchev–Trinajstić information content (AvgIpc) is 2.21. The van der Waals surface area contributed by atoms with Gasteiger partial charge in [-0.15, -0.1) is 0 Å². The Balaban J connectivity index is 0. The molecule has 1 aliphatic carbocycles. The molecule has 0 atom stereocenters. The fraction of sp³-hybridized carbons (Fsp3) is 0.455. The molecule has 80 valence electrons. The van der Waals surface area contributed by atoms with Crippen LogP contribution in [-0.2, 0) is 0 Å². The van der Waals surface area contributed by atoms with E-state index in [4.69, 9.17) is 10.8 Å². The van der Waals surface area contributed by atoms with Crippen LogP contribution in [0.4, 0.5) is 0 Å². The summed E-state index contributed by atoms with van der Waals surface area (Å²) in [5, 5.41) is 14.5. The van der Waals surface area contributed by atoms with Gasteiger partial charge in [-0.05, 0) is 44.2 Å². The van der Waals surface area contributed by atoms with E-state index in [2.05, 4.69) is 5.73 Å². The second-order valence-electron chi connectivity index (χ2n) is 2.48. The SMILES string of the molecule is CC.CC1=CC(=N)C(=N)C=C1C.CN. The zero-order valence-corrected chi connectivity index (χ0v) is 9.73. The molecule has 0 saturated heterocycles. The molecule has 0 fully saturated rings. The highest BCUT2D eigenvalue weighted by Crippen LogP contribution is 2.12. The molecule has 3 nitrogen and oxygen atoms in total. The Morgan fingerprint density at radius 1 is 0.857 bits per heavy atom. The summed E-state index contributed by atoms with van der Waals surface area (Å²) in [4.78, 5) is 0. The molecule has 0 aromatic heterocycles. The molecule has 0 spiro atoms. The van der Waals surface area contributed by atoms with Crippen LogP contribution in [0.1, 0.15) is 27.7 Å². The van der Waals surface area contributed by atoms with Gasteiger partial charge in [-0.2, -0.15) is 0 Å². The van der Waals surface area contributed by atoms with Crippen LogP contribution in [0.2, 0.25) is 0 Å². The topological polar surface area (TPSA) is 73.7 Å². The Bertz CT molecular complexity index is 232. The number of nitrogens with one attached hydrogen (secondary N) is 2. The van der Waals surface area contributed by atoms with Crippen molar-refractivity contribution < 1.29 is 0 Å². The van der Waals surface area contributed by atoms with Crippen LogP contribution in [0, 0.1) is 10.8 Å². The predicted octanol–water partition coefficient (Wildman–Crippen LogP) is 2.53. The molecule has 3 heteroatoms. The van der Waals surface area contributed by atoms with Crippen molar-refractivity contribution in [1.29, 1.82) is 10.8 Å². The number of hydrogen-bond donors (Lipinski definition) is 3. The first-order valence-electron chi connectivity index (χ1n) is 4.73. The van der Waals surface area contributed by atoms with Crippen LogP contribution >= 0.6 is 0 Å². The van der Waals surface area contributed by atoms with Crippen molar-refractivity contribution in [3.63, 3.8) is 0 Å². The quantitative estimate of drug-likeness (QED) is 0.510. The molecular weight excluding hydrogens is 174 g/mol. The first-order valence-corrected chi connectivity index (χ1v) is 4.73. The molecule has 1 aliphatic rings. The molecule has 0 aliphatic heterocycles. The molecule has 1 rings (SSSR count). The van der Waals surface area contributed by atoms with Gasteiger partial charge in [0.15, 0.2) is 0 Å². The summed E-state index contributed by atoms with van der Waals surface area (Å²) in [6, 6.07) is 0. The predicted molar refractivity (Wildman–Crippen MR) is 64.4 cm³/mol. The van der Waals surface area contributed by atoms with Crippen molar-refractivity contribution in [1.82, 2.24) is 0 Å².